The Hall–Kier alpha value is -0.970. The first-order valence-corrected chi connectivity index (χ1v) is 6.65. The Kier molecular flexibility index (Phi) is 4.86. The van der Waals surface area contributed by atoms with Crippen molar-refractivity contribution in [2.75, 3.05) is 30.0 Å². The number of hydrogen-bond acceptors (Lipinski definition) is 5. The van der Waals surface area contributed by atoms with E-state index in [4.69, 9.17) is 0 Å². The van der Waals surface area contributed by atoms with Crippen LogP contribution in [0.25, 0.3) is 0 Å². The van der Waals surface area contributed by atoms with E-state index in [1.165, 1.54) is 0 Å². The lowest BCUT2D eigenvalue weighted by Gasteiger charge is -2.22. The van der Waals surface area contributed by atoms with Crippen LogP contribution >= 0.6 is 11.8 Å². The van der Waals surface area contributed by atoms with Crippen LogP contribution in [0, 0.1) is 0 Å². The van der Waals surface area contributed by atoms with Crippen molar-refractivity contribution in [3.63, 3.8) is 0 Å². The zero-order valence-electron chi connectivity index (χ0n) is 10.4. The van der Waals surface area contributed by atoms with Crippen LogP contribution in [-0.4, -0.2) is 34.1 Å². The second kappa shape index (κ2) is 5.94. The SMILES string of the molecule is CCNc1cncc(NCC(C)(C)SC)n1. The lowest BCUT2D eigenvalue weighted by Crippen LogP contribution is -2.26. The molecule has 0 aliphatic heterocycles. The molecule has 0 aliphatic carbocycles. The van der Waals surface area contributed by atoms with Crippen LogP contribution in [0.2, 0.25) is 0 Å². The van der Waals surface area contributed by atoms with Gasteiger partial charge in [0.1, 0.15) is 11.6 Å². The Morgan fingerprint density at radius 1 is 1.25 bits per heavy atom. The average Bonchev–Trinajstić information content (AvgIpc) is 2.28. The highest BCUT2D eigenvalue weighted by Crippen LogP contribution is 2.21. The first-order chi connectivity index (χ1) is 7.57. The summed E-state index contributed by atoms with van der Waals surface area (Å²) in [7, 11) is 0. The molecule has 2 N–H and O–H groups in total. The Morgan fingerprint density at radius 3 is 2.44 bits per heavy atom. The number of nitrogens with one attached hydrogen (secondary N) is 2. The van der Waals surface area contributed by atoms with Gasteiger partial charge in [-0.2, -0.15) is 11.8 Å². The van der Waals surface area contributed by atoms with E-state index in [0.29, 0.717) is 0 Å². The molecular formula is C11H20N4S. The lowest BCUT2D eigenvalue weighted by molar-refractivity contribution is 0.749. The van der Waals surface area contributed by atoms with Gasteiger partial charge in [-0.15, -0.1) is 0 Å². The zero-order chi connectivity index (χ0) is 12.0. The summed E-state index contributed by atoms with van der Waals surface area (Å²) < 4.78 is 0.204. The molecular weight excluding hydrogens is 220 g/mol. The van der Waals surface area contributed by atoms with Crippen LogP contribution in [0.5, 0.6) is 0 Å². The van der Waals surface area contributed by atoms with Gasteiger partial charge in [0, 0.05) is 17.8 Å². The smallest absolute Gasteiger partial charge is 0.147 e. The number of nitrogens with zero attached hydrogens (tertiary/aromatic N) is 2. The third-order valence-corrected chi connectivity index (χ3v) is 3.49. The van der Waals surface area contributed by atoms with Gasteiger partial charge in [0.05, 0.1) is 12.4 Å². The summed E-state index contributed by atoms with van der Waals surface area (Å²) in [5.74, 6) is 1.63. The summed E-state index contributed by atoms with van der Waals surface area (Å²) in [6.07, 6.45) is 5.59. The number of thioether (sulfide) groups is 1. The minimum absolute atomic E-state index is 0.204. The Labute approximate surface area is 102 Å². The normalized spacial score (nSPS) is 11.2. The molecule has 0 fully saturated rings. The Bertz CT molecular complexity index is 328. The van der Waals surface area contributed by atoms with Gasteiger partial charge in [-0.05, 0) is 27.0 Å². The van der Waals surface area contributed by atoms with Gasteiger partial charge in [-0.1, -0.05) is 0 Å². The lowest BCUT2D eigenvalue weighted by atomic mass is 10.2. The van der Waals surface area contributed by atoms with Gasteiger partial charge < -0.3 is 10.6 Å². The van der Waals surface area contributed by atoms with Crippen molar-refractivity contribution < 1.29 is 0 Å². The van der Waals surface area contributed by atoms with Gasteiger partial charge in [0.2, 0.25) is 0 Å². The monoisotopic (exact) mass is 240 g/mol. The Balaban J connectivity index is 2.57. The molecule has 16 heavy (non-hydrogen) atoms. The van der Waals surface area contributed by atoms with Gasteiger partial charge >= 0.3 is 0 Å². The highest BCUT2D eigenvalue weighted by molar-refractivity contribution is 7.99. The maximum absolute atomic E-state index is 4.41. The Morgan fingerprint density at radius 2 is 1.88 bits per heavy atom. The van der Waals surface area contributed by atoms with Crippen LogP contribution in [0.4, 0.5) is 11.6 Å². The van der Waals surface area contributed by atoms with Crippen molar-refractivity contribution in [1.29, 1.82) is 0 Å². The minimum Gasteiger partial charge on any atom is -0.369 e. The van der Waals surface area contributed by atoms with Gasteiger partial charge in [0.15, 0.2) is 0 Å². The highest BCUT2D eigenvalue weighted by Gasteiger charge is 2.15. The fourth-order valence-corrected chi connectivity index (χ4v) is 1.31. The second-order valence-corrected chi connectivity index (χ2v) is 5.65. The maximum atomic E-state index is 4.41. The van der Waals surface area contributed by atoms with Crippen LogP contribution in [-0.2, 0) is 0 Å². The molecule has 0 unspecified atom stereocenters. The van der Waals surface area contributed by atoms with Crippen molar-refractivity contribution in [2.24, 2.45) is 0 Å². The van der Waals surface area contributed by atoms with E-state index in [2.05, 4.69) is 40.7 Å². The van der Waals surface area contributed by atoms with E-state index in [9.17, 15) is 0 Å². The topological polar surface area (TPSA) is 49.8 Å². The number of anilines is 2. The molecule has 1 aromatic heterocycles. The number of aromatic nitrogens is 2. The fraction of sp³-hybridized carbons (Fsp3) is 0.636. The van der Waals surface area contributed by atoms with Crippen LogP contribution in [0.1, 0.15) is 20.8 Å². The third-order valence-electron chi connectivity index (χ3n) is 2.24. The summed E-state index contributed by atoms with van der Waals surface area (Å²) >= 11 is 1.83. The average molecular weight is 240 g/mol. The summed E-state index contributed by atoms with van der Waals surface area (Å²) in [6, 6.07) is 0. The van der Waals surface area contributed by atoms with Gasteiger partial charge in [0.25, 0.3) is 0 Å². The van der Waals surface area contributed by atoms with E-state index in [1.807, 2.05) is 18.7 Å². The second-order valence-electron chi connectivity index (χ2n) is 4.14. The molecule has 0 bridgehead atoms. The maximum Gasteiger partial charge on any atom is 0.147 e. The predicted octanol–water partition coefficient (Wildman–Crippen LogP) is 2.46. The quantitative estimate of drug-likeness (QED) is 0.800. The number of rotatable bonds is 6. The molecule has 0 amide bonds. The first kappa shape index (κ1) is 13.1. The summed E-state index contributed by atoms with van der Waals surface area (Å²) in [5, 5.41) is 6.44. The molecule has 0 aliphatic rings. The number of hydrogen-bond donors (Lipinski definition) is 2. The molecule has 5 heteroatoms. The molecule has 1 aromatic rings. The summed E-state index contributed by atoms with van der Waals surface area (Å²) in [6.45, 7) is 8.17. The zero-order valence-corrected chi connectivity index (χ0v) is 11.2. The molecule has 90 valence electrons. The van der Waals surface area contributed by atoms with Crippen LogP contribution in [0.15, 0.2) is 12.4 Å². The van der Waals surface area contributed by atoms with E-state index in [0.717, 1.165) is 24.7 Å². The molecule has 0 radical (unpaired) electrons. The van der Waals surface area contributed by atoms with E-state index in [1.54, 1.807) is 12.4 Å². The molecule has 4 nitrogen and oxygen atoms in total. The highest BCUT2D eigenvalue weighted by atomic mass is 32.2. The molecule has 0 saturated carbocycles. The molecule has 0 saturated heterocycles. The predicted molar refractivity (Wildman–Crippen MR) is 72.3 cm³/mol. The van der Waals surface area contributed by atoms with Gasteiger partial charge in [-0.3, -0.25) is 4.98 Å². The standard InChI is InChI=1S/C11H20N4S/c1-5-13-9-6-12-7-10(15-9)14-8-11(2,3)16-4/h6-7H,5,8H2,1-4H3,(H2,13,14,15). The van der Waals surface area contributed by atoms with Crippen LogP contribution in [0.3, 0.4) is 0 Å². The molecule has 0 atom stereocenters. The van der Waals surface area contributed by atoms with E-state index in [-0.39, 0.29) is 4.75 Å². The van der Waals surface area contributed by atoms with Gasteiger partial charge in [-0.25, -0.2) is 4.98 Å². The molecule has 0 aromatic carbocycles. The molecule has 0 spiro atoms. The van der Waals surface area contributed by atoms with E-state index < -0.39 is 0 Å². The molecule has 1 rings (SSSR count). The van der Waals surface area contributed by atoms with E-state index >= 15 is 0 Å². The largest absolute Gasteiger partial charge is 0.369 e. The van der Waals surface area contributed by atoms with Crippen molar-refractivity contribution in [1.82, 2.24) is 9.97 Å². The fourth-order valence-electron chi connectivity index (χ4n) is 1.09. The van der Waals surface area contributed by atoms with Crippen molar-refractivity contribution in [2.45, 2.75) is 25.5 Å². The van der Waals surface area contributed by atoms with Crippen molar-refractivity contribution >= 4 is 23.4 Å². The minimum atomic E-state index is 0.204. The summed E-state index contributed by atoms with van der Waals surface area (Å²) in [4.78, 5) is 8.54. The summed E-state index contributed by atoms with van der Waals surface area (Å²) in [5.41, 5.74) is 0. The van der Waals surface area contributed by atoms with Crippen molar-refractivity contribution in [3.05, 3.63) is 12.4 Å². The van der Waals surface area contributed by atoms with Crippen molar-refractivity contribution in [3.8, 4) is 0 Å². The van der Waals surface area contributed by atoms with Crippen LogP contribution < -0.4 is 10.6 Å². The third kappa shape index (κ3) is 4.26. The first-order valence-electron chi connectivity index (χ1n) is 5.42. The molecule has 1 heterocycles.